The molecule has 3 nitrogen and oxygen atoms in total. The van der Waals surface area contributed by atoms with E-state index >= 15 is 0 Å². The van der Waals surface area contributed by atoms with Gasteiger partial charge in [0.2, 0.25) is 0 Å². The summed E-state index contributed by atoms with van der Waals surface area (Å²) in [5, 5.41) is 0. The van der Waals surface area contributed by atoms with Crippen LogP contribution in [0.5, 0.6) is 0 Å². The normalized spacial score (nSPS) is 23.6. The van der Waals surface area contributed by atoms with Gasteiger partial charge in [-0.25, -0.2) is 9.37 Å². The second kappa shape index (κ2) is 5.17. The Labute approximate surface area is 119 Å². The number of benzene rings is 1. The molecule has 0 saturated heterocycles. The molecule has 1 aliphatic rings. The van der Waals surface area contributed by atoms with Crippen LogP contribution in [0.25, 0.3) is 11.0 Å². The molecule has 2 aromatic rings. The van der Waals surface area contributed by atoms with E-state index in [-0.39, 0.29) is 11.9 Å². The maximum atomic E-state index is 13.4. The monoisotopic (exact) mass is 275 g/mol. The molecule has 0 radical (unpaired) electrons. The molecule has 2 N–H and O–H groups in total. The van der Waals surface area contributed by atoms with Crippen molar-refractivity contribution in [2.45, 2.75) is 57.5 Å². The number of rotatable bonds is 2. The van der Waals surface area contributed by atoms with Crippen molar-refractivity contribution in [2.75, 3.05) is 0 Å². The molecule has 0 amide bonds. The zero-order valence-corrected chi connectivity index (χ0v) is 12.1. The van der Waals surface area contributed by atoms with Crippen LogP contribution < -0.4 is 5.73 Å². The maximum absolute atomic E-state index is 13.4. The predicted molar refractivity (Wildman–Crippen MR) is 79.3 cm³/mol. The topological polar surface area (TPSA) is 43.8 Å². The molecular weight excluding hydrogens is 253 g/mol. The van der Waals surface area contributed by atoms with E-state index in [0.717, 1.165) is 29.7 Å². The number of nitrogens with zero attached hydrogens (tertiary/aromatic N) is 2. The molecule has 0 spiro atoms. The third-order valence-corrected chi connectivity index (χ3v) is 4.35. The Morgan fingerprint density at radius 3 is 2.75 bits per heavy atom. The number of hydrogen-bond donors (Lipinski definition) is 1. The second-order valence-electron chi connectivity index (χ2n) is 6.12. The SMILES string of the molecule is CC(C)n1c(C2CCCCC2N)nc2cc(F)ccc21. The average Bonchev–Trinajstić information content (AvgIpc) is 2.77. The fourth-order valence-electron chi connectivity index (χ4n) is 3.37. The Morgan fingerprint density at radius 1 is 1.30 bits per heavy atom. The highest BCUT2D eigenvalue weighted by molar-refractivity contribution is 5.76. The molecule has 1 fully saturated rings. The first-order valence-corrected chi connectivity index (χ1v) is 7.51. The molecule has 0 aliphatic heterocycles. The summed E-state index contributed by atoms with van der Waals surface area (Å²) in [5.74, 6) is 1.10. The minimum absolute atomic E-state index is 0.169. The molecule has 1 aromatic carbocycles. The number of imidazole rings is 1. The van der Waals surface area contributed by atoms with Gasteiger partial charge in [-0.3, -0.25) is 0 Å². The van der Waals surface area contributed by atoms with Crippen LogP contribution in [-0.4, -0.2) is 15.6 Å². The van der Waals surface area contributed by atoms with E-state index in [1.165, 1.54) is 25.0 Å². The van der Waals surface area contributed by atoms with Crippen molar-refractivity contribution in [2.24, 2.45) is 5.73 Å². The number of aromatic nitrogens is 2. The minimum Gasteiger partial charge on any atom is -0.327 e. The van der Waals surface area contributed by atoms with Crippen LogP contribution in [0, 0.1) is 5.82 Å². The quantitative estimate of drug-likeness (QED) is 0.907. The molecule has 3 rings (SSSR count). The van der Waals surface area contributed by atoms with E-state index in [1.54, 1.807) is 0 Å². The van der Waals surface area contributed by atoms with E-state index in [4.69, 9.17) is 10.7 Å². The molecule has 2 unspecified atom stereocenters. The van der Waals surface area contributed by atoms with Gasteiger partial charge >= 0.3 is 0 Å². The molecule has 1 aliphatic carbocycles. The van der Waals surface area contributed by atoms with Gasteiger partial charge in [-0.05, 0) is 38.8 Å². The van der Waals surface area contributed by atoms with E-state index in [1.807, 2.05) is 6.07 Å². The van der Waals surface area contributed by atoms with Gasteiger partial charge in [0.05, 0.1) is 11.0 Å². The van der Waals surface area contributed by atoms with Crippen molar-refractivity contribution in [3.05, 3.63) is 29.8 Å². The molecule has 1 saturated carbocycles. The van der Waals surface area contributed by atoms with Gasteiger partial charge in [0.15, 0.2) is 0 Å². The Morgan fingerprint density at radius 2 is 2.05 bits per heavy atom. The summed E-state index contributed by atoms with van der Waals surface area (Å²) in [6.45, 7) is 4.28. The first kappa shape index (κ1) is 13.6. The third kappa shape index (κ3) is 2.22. The lowest BCUT2D eigenvalue weighted by Crippen LogP contribution is -2.33. The highest BCUT2D eigenvalue weighted by atomic mass is 19.1. The summed E-state index contributed by atoms with van der Waals surface area (Å²) >= 11 is 0. The van der Waals surface area contributed by atoms with Crippen LogP contribution in [0.15, 0.2) is 18.2 Å². The number of fused-ring (bicyclic) bond motifs is 1. The molecular formula is C16H22FN3. The second-order valence-corrected chi connectivity index (χ2v) is 6.12. The highest BCUT2D eigenvalue weighted by Gasteiger charge is 2.29. The Kier molecular flexibility index (Phi) is 3.50. The van der Waals surface area contributed by atoms with Crippen LogP contribution >= 0.6 is 0 Å². The van der Waals surface area contributed by atoms with Crippen LogP contribution in [0.1, 0.15) is 57.3 Å². The van der Waals surface area contributed by atoms with Crippen molar-refractivity contribution < 1.29 is 4.39 Å². The van der Waals surface area contributed by atoms with Crippen LogP contribution in [0.3, 0.4) is 0 Å². The molecule has 108 valence electrons. The van der Waals surface area contributed by atoms with Crippen LogP contribution in [-0.2, 0) is 0 Å². The van der Waals surface area contributed by atoms with E-state index in [2.05, 4.69) is 18.4 Å². The summed E-state index contributed by atoms with van der Waals surface area (Å²) in [4.78, 5) is 4.71. The number of nitrogens with two attached hydrogens (primary N) is 1. The molecule has 1 heterocycles. The van der Waals surface area contributed by atoms with Gasteiger partial charge in [0.1, 0.15) is 11.6 Å². The molecule has 4 heteroatoms. The average molecular weight is 275 g/mol. The smallest absolute Gasteiger partial charge is 0.125 e. The highest BCUT2D eigenvalue weighted by Crippen LogP contribution is 2.35. The first-order valence-electron chi connectivity index (χ1n) is 7.51. The molecule has 1 aromatic heterocycles. The van der Waals surface area contributed by atoms with Gasteiger partial charge in [0, 0.05) is 24.1 Å². The van der Waals surface area contributed by atoms with Crippen molar-refractivity contribution in [3.8, 4) is 0 Å². The summed E-state index contributed by atoms with van der Waals surface area (Å²) in [5.41, 5.74) is 8.05. The molecule has 20 heavy (non-hydrogen) atoms. The fourth-order valence-corrected chi connectivity index (χ4v) is 3.37. The van der Waals surface area contributed by atoms with Crippen molar-refractivity contribution >= 4 is 11.0 Å². The lowest BCUT2D eigenvalue weighted by Gasteiger charge is -2.29. The first-order chi connectivity index (χ1) is 9.58. The Bertz CT molecular complexity index is 617. The lowest BCUT2D eigenvalue weighted by atomic mass is 9.84. The maximum Gasteiger partial charge on any atom is 0.125 e. The summed E-state index contributed by atoms with van der Waals surface area (Å²) in [7, 11) is 0. The summed E-state index contributed by atoms with van der Waals surface area (Å²) in [6, 6.07) is 5.33. The zero-order chi connectivity index (χ0) is 14.3. The van der Waals surface area contributed by atoms with E-state index in [9.17, 15) is 4.39 Å². The van der Waals surface area contributed by atoms with Crippen LogP contribution in [0.4, 0.5) is 4.39 Å². The van der Waals surface area contributed by atoms with Gasteiger partial charge in [-0.1, -0.05) is 12.8 Å². The summed E-state index contributed by atoms with van der Waals surface area (Å²) in [6.07, 6.45) is 4.54. The van der Waals surface area contributed by atoms with Crippen molar-refractivity contribution in [3.63, 3.8) is 0 Å². The van der Waals surface area contributed by atoms with Gasteiger partial charge in [0.25, 0.3) is 0 Å². The summed E-state index contributed by atoms with van der Waals surface area (Å²) < 4.78 is 15.7. The van der Waals surface area contributed by atoms with E-state index < -0.39 is 0 Å². The Hall–Kier alpha value is -1.42. The van der Waals surface area contributed by atoms with Crippen molar-refractivity contribution in [1.29, 1.82) is 0 Å². The minimum atomic E-state index is -0.231. The molecule has 0 bridgehead atoms. The van der Waals surface area contributed by atoms with Gasteiger partial charge < -0.3 is 10.3 Å². The van der Waals surface area contributed by atoms with Crippen LogP contribution in [0.2, 0.25) is 0 Å². The largest absolute Gasteiger partial charge is 0.327 e. The molecule has 2 atom stereocenters. The van der Waals surface area contributed by atoms with Crippen molar-refractivity contribution in [1.82, 2.24) is 9.55 Å². The lowest BCUT2D eigenvalue weighted by molar-refractivity contribution is 0.360. The van der Waals surface area contributed by atoms with Gasteiger partial charge in [-0.15, -0.1) is 0 Å². The van der Waals surface area contributed by atoms with Gasteiger partial charge in [-0.2, -0.15) is 0 Å². The van der Waals surface area contributed by atoms with E-state index in [0.29, 0.717) is 12.0 Å². The number of halogens is 1. The fraction of sp³-hybridized carbons (Fsp3) is 0.562. The number of hydrogen-bond acceptors (Lipinski definition) is 2. The zero-order valence-electron chi connectivity index (χ0n) is 12.1. The Balaban J connectivity index is 2.15. The predicted octanol–water partition coefficient (Wildman–Crippen LogP) is 3.74. The standard InChI is InChI=1S/C16H22FN3/c1-10(2)20-15-8-7-11(17)9-14(15)19-16(20)12-5-3-4-6-13(12)18/h7-10,12-13H,3-6,18H2,1-2H3. The third-order valence-electron chi connectivity index (χ3n) is 4.35.